The summed E-state index contributed by atoms with van der Waals surface area (Å²) in [6.45, 7) is 0. The van der Waals surface area contributed by atoms with Gasteiger partial charge in [-0.25, -0.2) is 0 Å². The van der Waals surface area contributed by atoms with Crippen molar-refractivity contribution in [1.82, 2.24) is 0 Å². The molecule has 0 aliphatic heterocycles. The minimum absolute atomic E-state index is 0.0370. The largest absolute Gasteiger partial charge is 0.495 e. The summed E-state index contributed by atoms with van der Waals surface area (Å²) in [6.07, 6.45) is 2.41. The molecule has 0 radical (unpaired) electrons. The Hall–Kier alpha value is -0.250. The van der Waals surface area contributed by atoms with E-state index >= 15 is 0 Å². The molecule has 0 spiro atoms. The SMILES string of the molecule is COc1c(Br)cc(Cl)cc1C(N)C1CC1. The van der Waals surface area contributed by atoms with Crippen molar-refractivity contribution in [2.75, 3.05) is 7.11 Å². The van der Waals surface area contributed by atoms with Gasteiger partial charge >= 0.3 is 0 Å². The summed E-state index contributed by atoms with van der Waals surface area (Å²) in [6, 6.07) is 3.76. The van der Waals surface area contributed by atoms with Gasteiger partial charge in [-0.15, -0.1) is 0 Å². The average Bonchev–Trinajstić information content (AvgIpc) is 2.98. The maximum atomic E-state index is 6.15. The Morgan fingerprint density at radius 1 is 1.53 bits per heavy atom. The fourth-order valence-electron chi connectivity index (χ4n) is 1.75. The molecule has 2 N–H and O–H groups in total. The second-order valence-corrected chi connectivity index (χ2v) is 5.16. The first-order valence-corrected chi connectivity index (χ1v) is 6.09. The van der Waals surface area contributed by atoms with Gasteiger partial charge in [0.1, 0.15) is 5.75 Å². The number of rotatable bonds is 3. The first-order valence-electron chi connectivity index (χ1n) is 4.92. The van der Waals surface area contributed by atoms with E-state index in [4.69, 9.17) is 22.1 Å². The molecule has 1 saturated carbocycles. The molecule has 1 unspecified atom stereocenters. The lowest BCUT2D eigenvalue weighted by atomic mass is 10.0. The molecule has 1 fully saturated rings. The Labute approximate surface area is 103 Å². The molecule has 2 nitrogen and oxygen atoms in total. The number of ether oxygens (including phenoxy) is 1. The summed E-state index contributed by atoms with van der Waals surface area (Å²) in [5.41, 5.74) is 7.15. The molecule has 0 amide bonds. The summed E-state index contributed by atoms with van der Waals surface area (Å²) >= 11 is 9.44. The Balaban J connectivity index is 2.42. The van der Waals surface area contributed by atoms with E-state index in [0.29, 0.717) is 10.9 Å². The van der Waals surface area contributed by atoms with Crippen LogP contribution in [0.4, 0.5) is 0 Å². The van der Waals surface area contributed by atoms with Gasteiger partial charge in [0.15, 0.2) is 0 Å². The highest BCUT2D eigenvalue weighted by Gasteiger charge is 2.31. The summed E-state index contributed by atoms with van der Waals surface area (Å²) in [7, 11) is 1.65. The first kappa shape index (κ1) is 11.2. The van der Waals surface area contributed by atoms with E-state index in [1.54, 1.807) is 7.11 Å². The molecule has 0 aromatic heterocycles. The van der Waals surface area contributed by atoms with Gasteiger partial charge in [-0.1, -0.05) is 11.6 Å². The number of nitrogens with two attached hydrogens (primary N) is 1. The van der Waals surface area contributed by atoms with Gasteiger partial charge in [0.05, 0.1) is 11.6 Å². The van der Waals surface area contributed by atoms with Crippen molar-refractivity contribution in [2.24, 2.45) is 11.7 Å². The van der Waals surface area contributed by atoms with E-state index in [-0.39, 0.29) is 6.04 Å². The molecule has 15 heavy (non-hydrogen) atoms. The maximum Gasteiger partial charge on any atom is 0.137 e. The van der Waals surface area contributed by atoms with E-state index in [9.17, 15) is 0 Å². The highest BCUT2D eigenvalue weighted by Crippen LogP contribution is 2.44. The molecule has 1 atom stereocenters. The van der Waals surface area contributed by atoms with Gasteiger partial charge in [-0.3, -0.25) is 0 Å². The van der Waals surface area contributed by atoms with Crippen LogP contribution < -0.4 is 10.5 Å². The fourth-order valence-corrected chi connectivity index (χ4v) is 2.75. The predicted octanol–water partition coefficient (Wildman–Crippen LogP) is 3.52. The molecule has 1 aliphatic carbocycles. The van der Waals surface area contributed by atoms with Crippen molar-refractivity contribution < 1.29 is 4.74 Å². The third kappa shape index (κ3) is 2.30. The van der Waals surface area contributed by atoms with Crippen LogP contribution in [-0.2, 0) is 0 Å². The zero-order valence-corrected chi connectivity index (χ0v) is 10.8. The van der Waals surface area contributed by atoms with Crippen molar-refractivity contribution in [3.05, 3.63) is 27.2 Å². The standard InChI is InChI=1S/C11H13BrClNO/c1-15-11-8(10(14)6-2-3-6)4-7(13)5-9(11)12/h4-6,10H,2-3,14H2,1H3. The minimum atomic E-state index is 0.0370. The molecule has 0 heterocycles. The van der Waals surface area contributed by atoms with E-state index in [1.165, 1.54) is 12.8 Å². The van der Waals surface area contributed by atoms with Crippen LogP contribution in [-0.4, -0.2) is 7.11 Å². The van der Waals surface area contributed by atoms with Crippen molar-refractivity contribution in [3.63, 3.8) is 0 Å². The van der Waals surface area contributed by atoms with Crippen LogP contribution >= 0.6 is 27.5 Å². The third-order valence-electron chi connectivity index (χ3n) is 2.73. The monoisotopic (exact) mass is 289 g/mol. The topological polar surface area (TPSA) is 35.2 Å². The highest BCUT2D eigenvalue weighted by atomic mass is 79.9. The van der Waals surface area contributed by atoms with Gasteiger partial charge in [-0.05, 0) is 46.8 Å². The second-order valence-electron chi connectivity index (χ2n) is 3.87. The lowest BCUT2D eigenvalue weighted by molar-refractivity contribution is 0.400. The van der Waals surface area contributed by atoms with Crippen LogP contribution in [0.3, 0.4) is 0 Å². The molecule has 4 heteroatoms. The molecule has 1 aliphatic rings. The zero-order chi connectivity index (χ0) is 11.0. The molecule has 0 saturated heterocycles. The Morgan fingerprint density at radius 3 is 2.73 bits per heavy atom. The lowest BCUT2D eigenvalue weighted by Crippen LogP contribution is -2.13. The Kier molecular flexibility index (Phi) is 3.24. The quantitative estimate of drug-likeness (QED) is 0.924. The lowest BCUT2D eigenvalue weighted by Gasteiger charge is -2.16. The molecule has 0 bridgehead atoms. The van der Waals surface area contributed by atoms with E-state index in [0.717, 1.165) is 15.8 Å². The summed E-state index contributed by atoms with van der Waals surface area (Å²) < 4.78 is 6.21. The summed E-state index contributed by atoms with van der Waals surface area (Å²) in [5, 5.41) is 0.689. The molecule has 82 valence electrons. The van der Waals surface area contributed by atoms with Crippen LogP contribution in [0.15, 0.2) is 16.6 Å². The summed E-state index contributed by atoms with van der Waals surface area (Å²) in [4.78, 5) is 0. The second kappa shape index (κ2) is 4.32. The number of benzene rings is 1. The van der Waals surface area contributed by atoms with Crippen LogP contribution in [0.1, 0.15) is 24.4 Å². The zero-order valence-electron chi connectivity index (χ0n) is 8.47. The maximum absolute atomic E-state index is 6.15. The molecular weight excluding hydrogens is 277 g/mol. The number of halogens is 2. The first-order chi connectivity index (χ1) is 7.13. The van der Waals surface area contributed by atoms with Gasteiger partial charge in [0.2, 0.25) is 0 Å². The molecular formula is C11H13BrClNO. The van der Waals surface area contributed by atoms with Crippen LogP contribution in [0.25, 0.3) is 0 Å². The minimum Gasteiger partial charge on any atom is -0.495 e. The van der Waals surface area contributed by atoms with Crippen molar-refractivity contribution >= 4 is 27.5 Å². The van der Waals surface area contributed by atoms with Crippen LogP contribution in [0.2, 0.25) is 5.02 Å². The average molecular weight is 291 g/mol. The number of hydrogen-bond acceptors (Lipinski definition) is 2. The normalized spacial score (nSPS) is 17.6. The van der Waals surface area contributed by atoms with E-state index < -0.39 is 0 Å². The van der Waals surface area contributed by atoms with Crippen molar-refractivity contribution in [1.29, 1.82) is 0 Å². The van der Waals surface area contributed by atoms with E-state index in [1.807, 2.05) is 12.1 Å². The molecule has 2 rings (SSSR count). The van der Waals surface area contributed by atoms with Gasteiger partial charge in [0.25, 0.3) is 0 Å². The van der Waals surface area contributed by atoms with Gasteiger partial charge in [-0.2, -0.15) is 0 Å². The smallest absolute Gasteiger partial charge is 0.137 e. The fraction of sp³-hybridized carbons (Fsp3) is 0.455. The number of methoxy groups -OCH3 is 1. The molecule has 1 aromatic carbocycles. The highest BCUT2D eigenvalue weighted by molar-refractivity contribution is 9.10. The van der Waals surface area contributed by atoms with E-state index in [2.05, 4.69) is 15.9 Å². The Morgan fingerprint density at radius 2 is 2.20 bits per heavy atom. The van der Waals surface area contributed by atoms with Gasteiger partial charge < -0.3 is 10.5 Å². The van der Waals surface area contributed by atoms with Gasteiger partial charge in [0, 0.05) is 16.6 Å². The Bertz CT molecular complexity index is 379. The van der Waals surface area contributed by atoms with Crippen LogP contribution in [0.5, 0.6) is 5.75 Å². The summed E-state index contributed by atoms with van der Waals surface area (Å²) in [5.74, 6) is 1.39. The van der Waals surface area contributed by atoms with Crippen molar-refractivity contribution in [3.8, 4) is 5.75 Å². The van der Waals surface area contributed by atoms with Crippen molar-refractivity contribution in [2.45, 2.75) is 18.9 Å². The molecule has 1 aromatic rings. The predicted molar refractivity (Wildman–Crippen MR) is 65.4 cm³/mol. The van der Waals surface area contributed by atoms with Crippen LogP contribution in [0, 0.1) is 5.92 Å². The third-order valence-corrected chi connectivity index (χ3v) is 3.54. The number of hydrogen-bond donors (Lipinski definition) is 1.